The molecular formula is C9H15N. The van der Waals surface area contributed by atoms with Crippen molar-refractivity contribution in [2.24, 2.45) is 5.92 Å². The second-order valence-electron chi connectivity index (χ2n) is 3.05. The van der Waals surface area contributed by atoms with Crippen molar-refractivity contribution in [3.63, 3.8) is 0 Å². The average Bonchev–Trinajstić information content (AvgIpc) is 1.85. The van der Waals surface area contributed by atoms with Gasteiger partial charge in [0.2, 0.25) is 0 Å². The van der Waals surface area contributed by atoms with E-state index in [1.807, 2.05) is 13.0 Å². The molecule has 0 aliphatic carbocycles. The van der Waals surface area contributed by atoms with Gasteiger partial charge in [-0.05, 0) is 25.7 Å². The van der Waals surface area contributed by atoms with E-state index in [4.69, 9.17) is 5.26 Å². The van der Waals surface area contributed by atoms with Gasteiger partial charge in [0.25, 0.3) is 0 Å². The minimum Gasteiger partial charge on any atom is -0.193 e. The molecule has 0 bridgehead atoms. The van der Waals surface area contributed by atoms with E-state index in [1.165, 1.54) is 12.0 Å². The van der Waals surface area contributed by atoms with Gasteiger partial charge in [0.15, 0.2) is 0 Å². The highest BCUT2D eigenvalue weighted by Crippen LogP contribution is 2.09. The number of nitriles is 1. The van der Waals surface area contributed by atoms with Crippen molar-refractivity contribution in [1.29, 1.82) is 5.26 Å². The minimum absolute atomic E-state index is 0.738. The van der Waals surface area contributed by atoms with E-state index in [0.717, 1.165) is 12.3 Å². The summed E-state index contributed by atoms with van der Waals surface area (Å²) >= 11 is 0. The SMILES string of the molecule is C/C(=C\C#N)CCC(C)C. The molecule has 0 saturated heterocycles. The molecule has 10 heavy (non-hydrogen) atoms. The normalized spacial score (nSPS) is 11.7. The molecule has 1 heteroatoms. The maximum absolute atomic E-state index is 8.28. The van der Waals surface area contributed by atoms with E-state index >= 15 is 0 Å². The molecule has 0 atom stereocenters. The molecule has 0 rings (SSSR count). The summed E-state index contributed by atoms with van der Waals surface area (Å²) < 4.78 is 0. The summed E-state index contributed by atoms with van der Waals surface area (Å²) in [7, 11) is 0. The predicted molar refractivity (Wildman–Crippen MR) is 43.4 cm³/mol. The second-order valence-corrected chi connectivity index (χ2v) is 3.05. The van der Waals surface area contributed by atoms with E-state index < -0.39 is 0 Å². The lowest BCUT2D eigenvalue weighted by Crippen LogP contribution is -1.87. The van der Waals surface area contributed by atoms with Gasteiger partial charge in [0, 0.05) is 6.08 Å². The number of rotatable bonds is 3. The highest BCUT2D eigenvalue weighted by Gasteiger charge is 1.93. The van der Waals surface area contributed by atoms with Gasteiger partial charge in [-0.25, -0.2) is 0 Å². The highest BCUT2D eigenvalue weighted by atomic mass is 14.2. The first-order valence-electron chi connectivity index (χ1n) is 3.72. The van der Waals surface area contributed by atoms with Crippen molar-refractivity contribution in [2.75, 3.05) is 0 Å². The molecule has 0 aromatic rings. The first-order chi connectivity index (χ1) is 4.66. The predicted octanol–water partition coefficient (Wildman–Crippen LogP) is 2.89. The number of nitrogens with zero attached hydrogens (tertiary/aromatic N) is 1. The first kappa shape index (κ1) is 9.23. The van der Waals surface area contributed by atoms with Crippen molar-refractivity contribution >= 4 is 0 Å². The Kier molecular flexibility index (Phi) is 4.66. The Morgan fingerprint density at radius 3 is 2.60 bits per heavy atom. The summed E-state index contributed by atoms with van der Waals surface area (Å²) in [5.41, 5.74) is 1.19. The summed E-state index contributed by atoms with van der Waals surface area (Å²) in [4.78, 5) is 0. The van der Waals surface area contributed by atoms with Gasteiger partial charge in [-0.1, -0.05) is 19.4 Å². The lowest BCUT2D eigenvalue weighted by molar-refractivity contribution is 0.585. The van der Waals surface area contributed by atoms with E-state index in [9.17, 15) is 0 Å². The highest BCUT2D eigenvalue weighted by molar-refractivity contribution is 5.10. The summed E-state index contributed by atoms with van der Waals surface area (Å²) in [6.45, 7) is 6.39. The summed E-state index contributed by atoms with van der Waals surface area (Å²) in [6.07, 6.45) is 3.87. The lowest BCUT2D eigenvalue weighted by Gasteiger charge is -2.02. The zero-order valence-corrected chi connectivity index (χ0v) is 7.02. The molecule has 0 aromatic heterocycles. The fourth-order valence-electron chi connectivity index (χ4n) is 0.699. The van der Waals surface area contributed by atoms with Crippen molar-refractivity contribution in [3.05, 3.63) is 11.6 Å². The van der Waals surface area contributed by atoms with E-state index in [0.29, 0.717) is 0 Å². The second kappa shape index (κ2) is 5.05. The van der Waals surface area contributed by atoms with Crippen LogP contribution < -0.4 is 0 Å². The van der Waals surface area contributed by atoms with Gasteiger partial charge < -0.3 is 0 Å². The van der Waals surface area contributed by atoms with Crippen molar-refractivity contribution in [2.45, 2.75) is 33.6 Å². The quantitative estimate of drug-likeness (QED) is 0.549. The van der Waals surface area contributed by atoms with Gasteiger partial charge in [0.05, 0.1) is 6.07 Å². The zero-order valence-electron chi connectivity index (χ0n) is 7.02. The molecule has 0 aliphatic heterocycles. The molecule has 0 amide bonds. The van der Waals surface area contributed by atoms with Gasteiger partial charge >= 0.3 is 0 Å². The van der Waals surface area contributed by atoms with E-state index in [1.54, 1.807) is 6.08 Å². The van der Waals surface area contributed by atoms with Crippen molar-refractivity contribution < 1.29 is 0 Å². The largest absolute Gasteiger partial charge is 0.193 e. The van der Waals surface area contributed by atoms with Crippen molar-refractivity contribution in [3.8, 4) is 6.07 Å². The molecule has 0 aliphatic rings. The Labute approximate surface area is 63.4 Å². The summed E-state index contributed by atoms with van der Waals surface area (Å²) in [5, 5.41) is 8.28. The summed E-state index contributed by atoms with van der Waals surface area (Å²) in [6, 6.07) is 2.03. The Morgan fingerprint density at radius 2 is 2.20 bits per heavy atom. The topological polar surface area (TPSA) is 23.8 Å². The summed E-state index contributed by atoms with van der Waals surface area (Å²) in [5.74, 6) is 0.738. The van der Waals surface area contributed by atoms with Crippen LogP contribution in [0.2, 0.25) is 0 Å². The molecule has 0 radical (unpaired) electrons. The molecule has 0 aromatic carbocycles. The standard InChI is InChI=1S/C9H15N/c1-8(2)4-5-9(3)6-7-10/h6,8H,4-5H2,1-3H3/b9-6+. The fourth-order valence-corrected chi connectivity index (χ4v) is 0.699. The molecule has 0 N–H and O–H groups in total. The third kappa shape index (κ3) is 5.37. The third-order valence-corrected chi connectivity index (χ3v) is 1.43. The van der Waals surface area contributed by atoms with Gasteiger partial charge in [-0.15, -0.1) is 0 Å². The van der Waals surface area contributed by atoms with Crippen LogP contribution in [-0.4, -0.2) is 0 Å². The Morgan fingerprint density at radius 1 is 1.60 bits per heavy atom. The number of hydrogen-bond acceptors (Lipinski definition) is 1. The van der Waals surface area contributed by atoms with Gasteiger partial charge in [-0.3, -0.25) is 0 Å². The third-order valence-electron chi connectivity index (χ3n) is 1.43. The van der Waals surface area contributed by atoms with Crippen molar-refractivity contribution in [1.82, 2.24) is 0 Å². The van der Waals surface area contributed by atoms with Crippen LogP contribution in [-0.2, 0) is 0 Å². The Hall–Kier alpha value is -0.770. The molecule has 1 nitrogen and oxygen atoms in total. The molecular weight excluding hydrogens is 122 g/mol. The maximum atomic E-state index is 8.28. The van der Waals surface area contributed by atoms with Crippen LogP contribution in [0.5, 0.6) is 0 Å². The molecule has 0 fully saturated rings. The van der Waals surface area contributed by atoms with Crippen LogP contribution in [0.15, 0.2) is 11.6 Å². The van der Waals surface area contributed by atoms with Gasteiger partial charge in [0.1, 0.15) is 0 Å². The minimum atomic E-state index is 0.738. The first-order valence-corrected chi connectivity index (χ1v) is 3.72. The van der Waals surface area contributed by atoms with Crippen LogP contribution >= 0.6 is 0 Å². The average molecular weight is 137 g/mol. The van der Waals surface area contributed by atoms with Gasteiger partial charge in [-0.2, -0.15) is 5.26 Å². The lowest BCUT2D eigenvalue weighted by atomic mass is 10.0. The fraction of sp³-hybridized carbons (Fsp3) is 0.667. The maximum Gasteiger partial charge on any atom is 0.0911 e. The van der Waals surface area contributed by atoms with Crippen LogP contribution in [0.3, 0.4) is 0 Å². The Balaban J connectivity index is 3.51. The zero-order chi connectivity index (χ0) is 7.98. The molecule has 0 unspecified atom stereocenters. The van der Waals surface area contributed by atoms with E-state index in [2.05, 4.69) is 13.8 Å². The molecule has 0 spiro atoms. The monoisotopic (exact) mass is 137 g/mol. The van der Waals surface area contributed by atoms with Crippen LogP contribution in [0.25, 0.3) is 0 Å². The Bertz CT molecular complexity index is 149. The number of hydrogen-bond donors (Lipinski definition) is 0. The van der Waals surface area contributed by atoms with Crippen LogP contribution in [0, 0.1) is 17.2 Å². The molecule has 0 saturated carbocycles. The smallest absolute Gasteiger partial charge is 0.0911 e. The van der Waals surface area contributed by atoms with Crippen LogP contribution in [0.4, 0.5) is 0 Å². The number of allylic oxidation sites excluding steroid dienone is 2. The molecule has 0 heterocycles. The van der Waals surface area contributed by atoms with Crippen LogP contribution in [0.1, 0.15) is 33.6 Å². The molecule has 56 valence electrons. The van der Waals surface area contributed by atoms with E-state index in [-0.39, 0.29) is 0 Å².